The van der Waals surface area contributed by atoms with Gasteiger partial charge >= 0.3 is 0 Å². The minimum Gasteiger partial charge on any atom is -0.338 e. The van der Waals surface area contributed by atoms with Crippen LogP contribution in [0.3, 0.4) is 0 Å². The van der Waals surface area contributed by atoms with E-state index < -0.39 is 10.0 Å². The van der Waals surface area contributed by atoms with E-state index in [1.807, 2.05) is 17.0 Å². The standard InChI is InChI=1S/C23H32N2O3S/c1-17-11-18(2)16-24(15-17)23(26)21-12-19-7-8-22(14-20(19)13-21)29(27,28)25-9-5-3-4-6-10-25/h7-8,13-14,17-18H,3-6,9-12,15-16H2,1-2H3. The number of fused-ring (bicyclic) bond motifs is 1. The molecule has 0 saturated carbocycles. The topological polar surface area (TPSA) is 57.7 Å². The van der Waals surface area contributed by atoms with E-state index in [-0.39, 0.29) is 5.91 Å². The number of benzene rings is 1. The largest absolute Gasteiger partial charge is 0.338 e. The number of carbonyl (C=O) groups is 1. The van der Waals surface area contributed by atoms with Gasteiger partial charge in [0.2, 0.25) is 15.9 Å². The Labute approximate surface area is 174 Å². The van der Waals surface area contributed by atoms with Gasteiger partial charge in [0.05, 0.1) is 4.90 Å². The Hall–Kier alpha value is -1.66. The van der Waals surface area contributed by atoms with Gasteiger partial charge in [-0.1, -0.05) is 32.8 Å². The third-order valence-corrected chi connectivity index (χ3v) is 8.36. The van der Waals surface area contributed by atoms with Crippen LogP contribution in [0.5, 0.6) is 0 Å². The summed E-state index contributed by atoms with van der Waals surface area (Å²) in [6, 6.07) is 5.36. The molecule has 0 radical (unpaired) electrons. The van der Waals surface area contributed by atoms with Crippen LogP contribution in [0.15, 0.2) is 28.7 Å². The maximum absolute atomic E-state index is 13.1. The van der Waals surface area contributed by atoms with Crippen LogP contribution in [0.25, 0.3) is 6.08 Å². The van der Waals surface area contributed by atoms with Gasteiger partial charge in [-0.2, -0.15) is 4.31 Å². The summed E-state index contributed by atoms with van der Waals surface area (Å²) in [6.07, 6.45) is 7.71. The molecule has 0 N–H and O–H groups in total. The second-order valence-corrected chi connectivity index (χ2v) is 11.1. The smallest absolute Gasteiger partial charge is 0.250 e. The Morgan fingerprint density at radius 3 is 2.31 bits per heavy atom. The number of nitrogens with zero attached hydrogens (tertiary/aromatic N) is 2. The Bertz CT molecular complexity index is 904. The van der Waals surface area contributed by atoms with Gasteiger partial charge in [-0.25, -0.2) is 8.42 Å². The third-order valence-electron chi connectivity index (χ3n) is 6.46. The van der Waals surface area contributed by atoms with Gasteiger partial charge in [-0.3, -0.25) is 4.79 Å². The van der Waals surface area contributed by atoms with E-state index in [9.17, 15) is 13.2 Å². The lowest BCUT2D eigenvalue weighted by molar-refractivity contribution is -0.129. The van der Waals surface area contributed by atoms with Gasteiger partial charge in [0.1, 0.15) is 0 Å². The lowest BCUT2D eigenvalue weighted by atomic mass is 9.91. The molecule has 4 rings (SSSR count). The van der Waals surface area contributed by atoms with Crippen LogP contribution in [-0.2, 0) is 21.2 Å². The number of sulfonamides is 1. The minimum absolute atomic E-state index is 0.108. The van der Waals surface area contributed by atoms with Crippen molar-refractivity contribution in [3.8, 4) is 0 Å². The summed E-state index contributed by atoms with van der Waals surface area (Å²) in [7, 11) is -3.47. The first-order valence-electron chi connectivity index (χ1n) is 11.0. The second-order valence-electron chi connectivity index (χ2n) is 9.18. The van der Waals surface area contributed by atoms with Crippen molar-refractivity contribution in [1.82, 2.24) is 9.21 Å². The number of amides is 1. The average molecular weight is 417 g/mol. The van der Waals surface area contributed by atoms with Crippen LogP contribution in [0.2, 0.25) is 0 Å². The molecular weight excluding hydrogens is 384 g/mol. The molecule has 2 atom stereocenters. The molecule has 2 aliphatic heterocycles. The molecule has 0 spiro atoms. The second kappa shape index (κ2) is 8.23. The first kappa shape index (κ1) is 20.6. The highest BCUT2D eigenvalue weighted by molar-refractivity contribution is 7.89. The van der Waals surface area contributed by atoms with Gasteiger partial charge in [0.15, 0.2) is 0 Å². The predicted octanol–water partition coefficient (Wildman–Crippen LogP) is 3.70. The molecule has 1 amide bonds. The quantitative estimate of drug-likeness (QED) is 0.755. The molecule has 3 aliphatic rings. The zero-order valence-electron chi connectivity index (χ0n) is 17.6. The average Bonchev–Trinajstić information content (AvgIpc) is 2.90. The van der Waals surface area contributed by atoms with Crippen LogP contribution in [0.4, 0.5) is 0 Å². The van der Waals surface area contributed by atoms with E-state index in [0.29, 0.717) is 36.2 Å². The first-order valence-corrected chi connectivity index (χ1v) is 12.4. The van der Waals surface area contributed by atoms with Crippen molar-refractivity contribution in [3.05, 3.63) is 34.9 Å². The fourth-order valence-corrected chi connectivity index (χ4v) is 6.63. The number of hydrogen-bond acceptors (Lipinski definition) is 3. The molecule has 2 heterocycles. The monoisotopic (exact) mass is 416 g/mol. The molecule has 1 aliphatic carbocycles. The van der Waals surface area contributed by atoms with Gasteiger partial charge in [-0.15, -0.1) is 0 Å². The van der Waals surface area contributed by atoms with Crippen LogP contribution < -0.4 is 0 Å². The maximum atomic E-state index is 13.1. The van der Waals surface area contributed by atoms with Gasteiger partial charge in [-0.05, 0) is 60.4 Å². The Morgan fingerprint density at radius 2 is 1.66 bits per heavy atom. The van der Waals surface area contributed by atoms with E-state index in [0.717, 1.165) is 55.5 Å². The van der Waals surface area contributed by atoms with Crippen LogP contribution in [0, 0.1) is 11.8 Å². The molecular formula is C23H32N2O3S. The lowest BCUT2D eigenvalue weighted by Crippen LogP contribution is -2.43. The molecule has 1 aromatic carbocycles. The van der Waals surface area contributed by atoms with Gasteiger partial charge in [0, 0.05) is 38.2 Å². The van der Waals surface area contributed by atoms with E-state index in [1.165, 1.54) is 6.42 Å². The number of carbonyl (C=O) groups excluding carboxylic acids is 1. The molecule has 158 valence electrons. The van der Waals surface area contributed by atoms with E-state index >= 15 is 0 Å². The van der Waals surface area contributed by atoms with Crippen LogP contribution in [-0.4, -0.2) is 49.7 Å². The maximum Gasteiger partial charge on any atom is 0.250 e. The normalized spacial score (nSPS) is 26.0. The van der Waals surface area contributed by atoms with Crippen molar-refractivity contribution in [2.45, 2.75) is 57.3 Å². The highest BCUT2D eigenvalue weighted by atomic mass is 32.2. The number of hydrogen-bond donors (Lipinski definition) is 0. The lowest BCUT2D eigenvalue weighted by Gasteiger charge is -2.35. The van der Waals surface area contributed by atoms with Crippen molar-refractivity contribution in [2.24, 2.45) is 11.8 Å². The number of piperidine rings is 1. The zero-order valence-corrected chi connectivity index (χ0v) is 18.4. The third kappa shape index (κ3) is 4.29. The van der Waals surface area contributed by atoms with Gasteiger partial charge in [0.25, 0.3) is 0 Å². The van der Waals surface area contributed by atoms with Crippen molar-refractivity contribution >= 4 is 22.0 Å². The Balaban J connectivity index is 1.54. The summed E-state index contributed by atoms with van der Waals surface area (Å²) >= 11 is 0. The summed E-state index contributed by atoms with van der Waals surface area (Å²) in [5, 5.41) is 0. The molecule has 0 aromatic heterocycles. The molecule has 2 unspecified atom stereocenters. The van der Waals surface area contributed by atoms with Crippen LogP contribution in [0.1, 0.15) is 57.1 Å². The highest BCUT2D eigenvalue weighted by Crippen LogP contribution is 2.31. The molecule has 0 bridgehead atoms. The predicted molar refractivity (Wildman–Crippen MR) is 115 cm³/mol. The fourth-order valence-electron chi connectivity index (χ4n) is 5.07. The summed E-state index contributed by atoms with van der Waals surface area (Å²) < 4.78 is 27.8. The van der Waals surface area contributed by atoms with Crippen molar-refractivity contribution in [3.63, 3.8) is 0 Å². The molecule has 6 heteroatoms. The summed E-state index contributed by atoms with van der Waals surface area (Å²) in [5.74, 6) is 1.16. The zero-order chi connectivity index (χ0) is 20.6. The first-order chi connectivity index (χ1) is 13.8. The van der Waals surface area contributed by atoms with Crippen molar-refractivity contribution in [1.29, 1.82) is 0 Å². The summed E-state index contributed by atoms with van der Waals surface area (Å²) in [6.45, 7) is 7.23. The highest BCUT2D eigenvalue weighted by Gasteiger charge is 2.30. The van der Waals surface area contributed by atoms with Crippen molar-refractivity contribution < 1.29 is 13.2 Å². The molecule has 5 nitrogen and oxygen atoms in total. The molecule has 1 aromatic rings. The summed E-state index contributed by atoms with van der Waals surface area (Å²) in [4.78, 5) is 15.4. The SMILES string of the molecule is CC1CC(C)CN(C(=O)C2=Cc3cc(S(=O)(=O)N4CCCCCC4)ccc3C2)C1. The van der Waals surface area contributed by atoms with E-state index in [4.69, 9.17) is 0 Å². The molecule has 29 heavy (non-hydrogen) atoms. The van der Waals surface area contributed by atoms with Gasteiger partial charge < -0.3 is 4.90 Å². The number of rotatable bonds is 3. The summed E-state index contributed by atoms with van der Waals surface area (Å²) in [5.41, 5.74) is 2.70. The van der Waals surface area contributed by atoms with E-state index in [1.54, 1.807) is 16.4 Å². The van der Waals surface area contributed by atoms with Crippen LogP contribution >= 0.6 is 0 Å². The van der Waals surface area contributed by atoms with Crippen molar-refractivity contribution in [2.75, 3.05) is 26.2 Å². The Kier molecular flexibility index (Phi) is 5.85. The molecule has 2 fully saturated rings. The fraction of sp³-hybridized carbons (Fsp3) is 0.609. The Morgan fingerprint density at radius 1 is 1.00 bits per heavy atom. The molecule has 2 saturated heterocycles. The minimum atomic E-state index is -3.47. The van der Waals surface area contributed by atoms with E-state index in [2.05, 4.69) is 13.8 Å². The number of likely N-dealkylation sites (tertiary alicyclic amines) is 1.